The normalized spacial score (nSPS) is 11.0. The van der Waals surface area contributed by atoms with Gasteiger partial charge < -0.3 is 17.2 Å². The second kappa shape index (κ2) is 6.61. The van der Waals surface area contributed by atoms with Gasteiger partial charge in [-0.25, -0.2) is 4.99 Å². The number of hydrogen-bond acceptors (Lipinski definition) is 2. The van der Waals surface area contributed by atoms with Gasteiger partial charge in [-0.05, 0) is 43.3 Å². The van der Waals surface area contributed by atoms with Crippen molar-refractivity contribution < 1.29 is 4.57 Å². The predicted octanol–water partition coefficient (Wildman–Crippen LogP) is 3.45. The molecule has 5 nitrogen and oxygen atoms in total. The highest BCUT2D eigenvalue weighted by molar-refractivity contribution is 6.10. The van der Waals surface area contributed by atoms with Crippen LogP contribution in [0.15, 0.2) is 71.7 Å². The fourth-order valence-corrected chi connectivity index (χ4v) is 3.68. The lowest BCUT2D eigenvalue weighted by Crippen LogP contribution is -2.36. The van der Waals surface area contributed by atoms with Gasteiger partial charge in [0.15, 0.2) is 5.96 Å². The van der Waals surface area contributed by atoms with E-state index in [9.17, 15) is 0 Å². The second-order valence-corrected chi connectivity index (χ2v) is 6.50. The number of aryl methyl sites for hydroxylation is 1. The van der Waals surface area contributed by atoms with Gasteiger partial charge in [0, 0.05) is 22.7 Å². The average molecular weight is 356 g/mol. The third-order valence-corrected chi connectivity index (χ3v) is 4.75. The zero-order chi connectivity index (χ0) is 19.0. The third kappa shape index (κ3) is 2.93. The van der Waals surface area contributed by atoms with Crippen LogP contribution in [-0.4, -0.2) is 5.96 Å². The standard InChI is InChI=1S/C22H21N5/c1-2-27-20-13-16(26-22(24)25)9-11-18(20)17-10-8-15(23)12-19(17)21(27)14-6-4-3-5-7-14/h3-13H,2,23H2,1H3,(H3,24,25)/p+1. The van der Waals surface area contributed by atoms with Crippen molar-refractivity contribution in [3.63, 3.8) is 0 Å². The van der Waals surface area contributed by atoms with E-state index in [2.05, 4.69) is 40.7 Å². The van der Waals surface area contributed by atoms with Crippen molar-refractivity contribution in [2.75, 3.05) is 5.73 Å². The molecule has 0 fully saturated rings. The zero-order valence-corrected chi connectivity index (χ0v) is 15.2. The zero-order valence-electron chi connectivity index (χ0n) is 15.2. The minimum absolute atomic E-state index is 0.0502. The molecule has 4 rings (SSSR count). The van der Waals surface area contributed by atoms with Crippen molar-refractivity contribution >= 4 is 39.0 Å². The maximum atomic E-state index is 6.13. The number of guanidine groups is 1. The minimum Gasteiger partial charge on any atom is -0.399 e. The van der Waals surface area contributed by atoms with Gasteiger partial charge in [0.1, 0.15) is 6.54 Å². The smallest absolute Gasteiger partial charge is 0.220 e. The number of anilines is 1. The van der Waals surface area contributed by atoms with Crippen molar-refractivity contribution in [3.8, 4) is 11.3 Å². The lowest BCUT2D eigenvalue weighted by atomic mass is 9.98. The summed E-state index contributed by atoms with van der Waals surface area (Å²) in [4.78, 5) is 4.22. The van der Waals surface area contributed by atoms with Gasteiger partial charge in [-0.15, -0.1) is 0 Å². The van der Waals surface area contributed by atoms with Crippen LogP contribution in [0.1, 0.15) is 6.92 Å². The fourth-order valence-electron chi connectivity index (χ4n) is 3.68. The summed E-state index contributed by atoms with van der Waals surface area (Å²) in [5, 5.41) is 3.42. The van der Waals surface area contributed by atoms with Gasteiger partial charge in [-0.2, -0.15) is 4.57 Å². The molecule has 27 heavy (non-hydrogen) atoms. The highest BCUT2D eigenvalue weighted by Gasteiger charge is 2.22. The fraction of sp³-hybridized carbons (Fsp3) is 0.0909. The van der Waals surface area contributed by atoms with E-state index < -0.39 is 0 Å². The Kier molecular flexibility index (Phi) is 4.12. The van der Waals surface area contributed by atoms with Crippen LogP contribution >= 0.6 is 0 Å². The first-order valence-corrected chi connectivity index (χ1v) is 8.92. The van der Waals surface area contributed by atoms with Crippen LogP contribution in [0.2, 0.25) is 0 Å². The molecule has 0 unspecified atom stereocenters. The largest absolute Gasteiger partial charge is 0.399 e. The summed E-state index contributed by atoms with van der Waals surface area (Å²) in [6.45, 7) is 2.94. The molecule has 0 saturated heterocycles. The van der Waals surface area contributed by atoms with Crippen molar-refractivity contribution in [2.24, 2.45) is 16.5 Å². The molecule has 1 heterocycles. The van der Waals surface area contributed by atoms with Crippen molar-refractivity contribution in [2.45, 2.75) is 13.5 Å². The highest BCUT2D eigenvalue weighted by Crippen LogP contribution is 2.33. The second-order valence-electron chi connectivity index (χ2n) is 6.50. The molecule has 0 aliphatic rings. The van der Waals surface area contributed by atoms with E-state index in [1.807, 2.05) is 42.5 Å². The molecule has 6 N–H and O–H groups in total. The number of pyridine rings is 1. The number of nitrogens with zero attached hydrogens (tertiary/aromatic N) is 2. The maximum absolute atomic E-state index is 6.13. The van der Waals surface area contributed by atoms with Gasteiger partial charge in [0.25, 0.3) is 0 Å². The summed E-state index contributed by atoms with van der Waals surface area (Å²) in [5.74, 6) is 0.0502. The molecular formula is C22H22N5+. The van der Waals surface area contributed by atoms with Gasteiger partial charge >= 0.3 is 0 Å². The van der Waals surface area contributed by atoms with Crippen LogP contribution < -0.4 is 21.8 Å². The first-order chi connectivity index (χ1) is 13.1. The molecule has 0 saturated carbocycles. The lowest BCUT2D eigenvalue weighted by Gasteiger charge is -2.12. The molecular weight excluding hydrogens is 334 g/mol. The number of nitrogens with two attached hydrogens (primary N) is 3. The molecule has 0 aliphatic carbocycles. The topological polar surface area (TPSA) is 94.3 Å². The van der Waals surface area contributed by atoms with E-state index in [-0.39, 0.29) is 5.96 Å². The molecule has 0 aliphatic heterocycles. The van der Waals surface area contributed by atoms with Crippen LogP contribution in [0.5, 0.6) is 0 Å². The van der Waals surface area contributed by atoms with Crippen LogP contribution in [0.25, 0.3) is 32.9 Å². The van der Waals surface area contributed by atoms with Gasteiger partial charge in [-0.3, -0.25) is 0 Å². The van der Waals surface area contributed by atoms with E-state index in [1.54, 1.807) is 0 Å². The summed E-state index contributed by atoms with van der Waals surface area (Å²) < 4.78 is 2.29. The Morgan fingerprint density at radius 3 is 2.33 bits per heavy atom. The molecule has 3 aromatic carbocycles. The summed E-state index contributed by atoms with van der Waals surface area (Å²) >= 11 is 0. The number of aromatic nitrogens is 1. The highest BCUT2D eigenvalue weighted by atomic mass is 15.0. The molecule has 0 radical (unpaired) electrons. The van der Waals surface area contributed by atoms with Crippen LogP contribution in [0.3, 0.4) is 0 Å². The quantitative estimate of drug-likeness (QED) is 0.172. The van der Waals surface area contributed by atoms with Gasteiger partial charge in [0.05, 0.1) is 16.5 Å². The van der Waals surface area contributed by atoms with Crippen molar-refractivity contribution in [1.29, 1.82) is 0 Å². The molecule has 4 aromatic rings. The van der Waals surface area contributed by atoms with Gasteiger partial charge in [0.2, 0.25) is 11.2 Å². The number of hydrogen-bond donors (Lipinski definition) is 3. The Morgan fingerprint density at radius 2 is 1.63 bits per heavy atom. The minimum atomic E-state index is 0.0502. The number of fused-ring (bicyclic) bond motifs is 3. The average Bonchev–Trinajstić information content (AvgIpc) is 2.66. The van der Waals surface area contributed by atoms with Crippen LogP contribution in [-0.2, 0) is 6.54 Å². The predicted molar refractivity (Wildman–Crippen MR) is 113 cm³/mol. The first-order valence-electron chi connectivity index (χ1n) is 8.92. The Bertz CT molecular complexity index is 1180. The van der Waals surface area contributed by atoms with E-state index >= 15 is 0 Å². The molecule has 5 heteroatoms. The summed E-state index contributed by atoms with van der Waals surface area (Å²) in [5.41, 5.74) is 22.1. The Balaban J connectivity index is 2.20. The summed E-state index contributed by atoms with van der Waals surface area (Å²) in [6.07, 6.45) is 0. The SMILES string of the molecule is CC[n+]1c(-c2ccccc2)c2cc(N)ccc2c2ccc(N=C(N)N)cc21. The number of aliphatic imine (C=N–C) groups is 1. The van der Waals surface area contributed by atoms with E-state index in [1.165, 1.54) is 0 Å². The maximum Gasteiger partial charge on any atom is 0.220 e. The van der Waals surface area contributed by atoms with E-state index in [4.69, 9.17) is 17.2 Å². The Labute approximate surface area is 157 Å². The third-order valence-electron chi connectivity index (χ3n) is 4.75. The van der Waals surface area contributed by atoms with Gasteiger partial charge in [-0.1, -0.05) is 24.3 Å². The van der Waals surface area contributed by atoms with Crippen LogP contribution in [0, 0.1) is 0 Å². The monoisotopic (exact) mass is 356 g/mol. The Hall–Kier alpha value is -3.60. The van der Waals surface area contributed by atoms with Crippen molar-refractivity contribution in [1.82, 2.24) is 0 Å². The van der Waals surface area contributed by atoms with E-state index in [0.717, 1.165) is 50.9 Å². The molecule has 1 aromatic heterocycles. The molecule has 0 bridgehead atoms. The Morgan fingerprint density at radius 1 is 0.889 bits per heavy atom. The summed E-state index contributed by atoms with van der Waals surface area (Å²) in [6, 6.07) is 22.5. The van der Waals surface area contributed by atoms with E-state index in [0.29, 0.717) is 0 Å². The number of benzene rings is 3. The summed E-state index contributed by atoms with van der Waals surface area (Å²) in [7, 11) is 0. The molecule has 134 valence electrons. The number of rotatable bonds is 3. The first kappa shape index (κ1) is 16.8. The van der Waals surface area contributed by atoms with Crippen molar-refractivity contribution in [3.05, 3.63) is 66.7 Å². The molecule has 0 spiro atoms. The number of nitrogen functional groups attached to an aromatic ring is 1. The molecule has 0 amide bonds. The van der Waals surface area contributed by atoms with Crippen LogP contribution in [0.4, 0.5) is 11.4 Å². The lowest BCUT2D eigenvalue weighted by molar-refractivity contribution is -0.655. The molecule has 0 atom stereocenters.